The first kappa shape index (κ1) is 25.0. The highest BCUT2D eigenvalue weighted by molar-refractivity contribution is 5.81. The molecule has 6 rings (SSSR count). The molecule has 6 heterocycles. The van der Waals surface area contributed by atoms with Gasteiger partial charge in [0.15, 0.2) is 5.65 Å². The molecule has 1 unspecified atom stereocenters. The first-order valence-electron chi connectivity index (χ1n) is 13.6. The maximum atomic E-state index is 5.87. The molecular weight excluding hydrogens is 478 g/mol. The van der Waals surface area contributed by atoms with Gasteiger partial charge in [0.25, 0.3) is 0 Å². The number of ether oxygens (including phenoxy) is 2. The second-order valence-corrected chi connectivity index (χ2v) is 12.0. The lowest BCUT2D eigenvalue weighted by Crippen LogP contribution is -2.57. The van der Waals surface area contributed by atoms with E-state index in [0.717, 1.165) is 60.9 Å². The largest absolute Gasteiger partial charge is 0.494 e. The second kappa shape index (κ2) is 9.47. The zero-order valence-corrected chi connectivity index (χ0v) is 22.9. The zero-order valence-electron chi connectivity index (χ0n) is 22.9. The lowest BCUT2D eigenvalue weighted by atomic mass is 9.79. The third-order valence-electron chi connectivity index (χ3n) is 7.72. The number of nitrogens with one attached hydrogen (secondary N) is 1. The Hall–Kier alpha value is -3.30. The maximum Gasteiger partial charge on any atom is 0.162 e. The van der Waals surface area contributed by atoms with Gasteiger partial charge in [0, 0.05) is 58.8 Å². The number of hydrogen-bond donors (Lipinski definition) is 1. The van der Waals surface area contributed by atoms with Crippen LogP contribution in [-0.4, -0.2) is 54.3 Å². The lowest BCUT2D eigenvalue weighted by molar-refractivity contribution is -0.0394. The van der Waals surface area contributed by atoms with Gasteiger partial charge in [0.2, 0.25) is 0 Å². The monoisotopic (exact) mass is 515 g/mol. The number of fused-ring (bicyclic) bond motifs is 1. The predicted molar refractivity (Wildman–Crippen MR) is 147 cm³/mol. The van der Waals surface area contributed by atoms with E-state index in [1.165, 1.54) is 0 Å². The van der Waals surface area contributed by atoms with Crippen molar-refractivity contribution in [3.63, 3.8) is 0 Å². The van der Waals surface area contributed by atoms with Crippen molar-refractivity contribution >= 4 is 11.0 Å². The minimum Gasteiger partial charge on any atom is -0.494 e. The molecule has 0 bridgehead atoms. The van der Waals surface area contributed by atoms with E-state index in [9.17, 15) is 0 Å². The smallest absolute Gasteiger partial charge is 0.162 e. The Labute approximate surface area is 223 Å². The molecule has 1 atom stereocenters. The summed E-state index contributed by atoms with van der Waals surface area (Å²) >= 11 is 0. The fraction of sp³-hybridized carbons (Fsp3) is 0.517. The normalized spacial score (nSPS) is 21.6. The average Bonchev–Trinajstić information content (AvgIpc) is 3.54. The highest BCUT2D eigenvalue weighted by Crippen LogP contribution is 2.38. The van der Waals surface area contributed by atoms with Crippen LogP contribution in [-0.2, 0) is 4.74 Å². The first-order chi connectivity index (χ1) is 18.2. The van der Waals surface area contributed by atoms with Crippen LogP contribution in [0.4, 0.5) is 0 Å². The quantitative estimate of drug-likeness (QED) is 0.373. The van der Waals surface area contributed by atoms with Crippen LogP contribution in [0.1, 0.15) is 72.1 Å². The number of pyridine rings is 1. The Balaban J connectivity index is 1.28. The zero-order chi connectivity index (χ0) is 26.5. The topological polar surface area (TPSA) is 91.9 Å². The van der Waals surface area contributed by atoms with Gasteiger partial charge in [-0.25, -0.2) is 9.67 Å². The number of methoxy groups -OCH3 is 1. The molecule has 2 fully saturated rings. The van der Waals surface area contributed by atoms with Crippen LogP contribution in [0.5, 0.6) is 5.75 Å². The molecule has 2 aliphatic heterocycles. The minimum atomic E-state index is 0.00273. The van der Waals surface area contributed by atoms with E-state index >= 15 is 0 Å². The standard InChI is InChI=1S/C29H37N7O2/c1-28(2)14-22(15-29(3,4)34-28)35-10-9-19-12-23(32-33-27(19)35)26-24(37-5)13-20(16-30-26)21-17-31-36(18-21)25-8-6-7-11-38-25/h9-10,12-13,16-18,22,25,34H,6-8,11,14-15H2,1-5H3. The van der Waals surface area contributed by atoms with Crippen LogP contribution in [0.15, 0.2) is 43.0 Å². The van der Waals surface area contributed by atoms with Gasteiger partial charge in [-0.05, 0) is 78.0 Å². The summed E-state index contributed by atoms with van der Waals surface area (Å²) in [5.41, 5.74) is 4.28. The van der Waals surface area contributed by atoms with E-state index in [4.69, 9.17) is 14.5 Å². The Bertz CT molecular complexity index is 1430. The molecule has 2 saturated heterocycles. The lowest BCUT2D eigenvalue weighted by Gasteiger charge is -2.47. The summed E-state index contributed by atoms with van der Waals surface area (Å²) in [6.07, 6.45) is 13.2. The van der Waals surface area contributed by atoms with Crippen LogP contribution in [0.3, 0.4) is 0 Å². The van der Waals surface area contributed by atoms with Crippen molar-refractivity contribution in [3.8, 4) is 28.3 Å². The molecule has 9 heteroatoms. The van der Waals surface area contributed by atoms with Gasteiger partial charge in [0.05, 0.1) is 13.3 Å². The second-order valence-electron chi connectivity index (χ2n) is 12.0. The summed E-state index contributed by atoms with van der Waals surface area (Å²) in [6, 6.07) is 6.52. The van der Waals surface area contributed by atoms with Gasteiger partial charge in [-0.1, -0.05) is 0 Å². The molecule has 0 aliphatic carbocycles. The third kappa shape index (κ3) is 4.80. The van der Waals surface area contributed by atoms with Crippen molar-refractivity contribution in [3.05, 3.63) is 43.0 Å². The van der Waals surface area contributed by atoms with Crippen LogP contribution >= 0.6 is 0 Å². The fourth-order valence-corrected chi connectivity index (χ4v) is 6.36. The van der Waals surface area contributed by atoms with Gasteiger partial charge in [-0.2, -0.15) is 5.10 Å². The van der Waals surface area contributed by atoms with Gasteiger partial charge in [-0.15, -0.1) is 10.2 Å². The highest BCUT2D eigenvalue weighted by atomic mass is 16.5. The molecule has 0 radical (unpaired) electrons. The van der Waals surface area contributed by atoms with E-state index in [-0.39, 0.29) is 17.3 Å². The van der Waals surface area contributed by atoms with Crippen molar-refractivity contribution in [2.24, 2.45) is 0 Å². The van der Waals surface area contributed by atoms with Crippen molar-refractivity contribution in [2.75, 3.05) is 13.7 Å². The van der Waals surface area contributed by atoms with Crippen LogP contribution in [0.2, 0.25) is 0 Å². The van der Waals surface area contributed by atoms with Gasteiger partial charge >= 0.3 is 0 Å². The minimum absolute atomic E-state index is 0.00273. The number of rotatable bonds is 5. The van der Waals surface area contributed by atoms with Gasteiger partial charge in [0.1, 0.15) is 23.4 Å². The van der Waals surface area contributed by atoms with E-state index < -0.39 is 0 Å². The molecule has 0 spiro atoms. The summed E-state index contributed by atoms with van der Waals surface area (Å²) in [5.74, 6) is 0.652. The summed E-state index contributed by atoms with van der Waals surface area (Å²) in [5, 5.41) is 18.6. The molecule has 0 aromatic carbocycles. The summed E-state index contributed by atoms with van der Waals surface area (Å²) in [6.45, 7) is 9.87. The van der Waals surface area contributed by atoms with E-state index in [2.05, 4.69) is 71.2 Å². The Morgan fingerprint density at radius 2 is 1.84 bits per heavy atom. The van der Waals surface area contributed by atoms with Crippen molar-refractivity contribution in [2.45, 2.75) is 83.1 Å². The molecule has 0 saturated carbocycles. The Morgan fingerprint density at radius 3 is 2.58 bits per heavy atom. The molecule has 1 N–H and O–H groups in total. The predicted octanol–water partition coefficient (Wildman–Crippen LogP) is 5.55. The van der Waals surface area contributed by atoms with Crippen molar-refractivity contribution in [1.29, 1.82) is 0 Å². The summed E-state index contributed by atoms with van der Waals surface area (Å²) < 4.78 is 15.8. The molecule has 4 aromatic heterocycles. The molecule has 9 nitrogen and oxygen atoms in total. The molecule has 4 aromatic rings. The number of aromatic nitrogens is 6. The van der Waals surface area contributed by atoms with Gasteiger partial charge < -0.3 is 19.4 Å². The van der Waals surface area contributed by atoms with Crippen molar-refractivity contribution < 1.29 is 9.47 Å². The molecule has 2 aliphatic rings. The van der Waals surface area contributed by atoms with Crippen LogP contribution in [0.25, 0.3) is 33.5 Å². The Kier molecular flexibility index (Phi) is 6.23. The number of hydrogen-bond acceptors (Lipinski definition) is 7. The third-order valence-corrected chi connectivity index (χ3v) is 7.72. The van der Waals surface area contributed by atoms with Crippen LogP contribution < -0.4 is 10.1 Å². The van der Waals surface area contributed by atoms with Crippen molar-refractivity contribution in [1.82, 2.24) is 34.8 Å². The van der Waals surface area contributed by atoms with Gasteiger partial charge in [-0.3, -0.25) is 0 Å². The molecule has 38 heavy (non-hydrogen) atoms. The molecule has 0 amide bonds. The fourth-order valence-electron chi connectivity index (χ4n) is 6.36. The van der Waals surface area contributed by atoms with Crippen LogP contribution in [0, 0.1) is 0 Å². The van der Waals surface area contributed by atoms with E-state index in [1.807, 2.05) is 29.3 Å². The first-order valence-corrected chi connectivity index (χ1v) is 13.6. The van der Waals surface area contributed by atoms with E-state index in [0.29, 0.717) is 23.2 Å². The number of piperidine rings is 1. The Morgan fingerprint density at radius 1 is 1.03 bits per heavy atom. The molecule has 200 valence electrons. The average molecular weight is 516 g/mol. The van der Waals surface area contributed by atoms with E-state index in [1.54, 1.807) is 7.11 Å². The SMILES string of the molecule is COc1cc(-c2cnn(C3CCCCO3)c2)cnc1-c1cc2ccn(C3CC(C)(C)NC(C)(C)C3)c2nn1. The number of nitrogens with zero attached hydrogens (tertiary/aromatic N) is 6. The summed E-state index contributed by atoms with van der Waals surface area (Å²) in [4.78, 5) is 4.75. The maximum absolute atomic E-state index is 5.87. The highest BCUT2D eigenvalue weighted by Gasteiger charge is 2.38. The summed E-state index contributed by atoms with van der Waals surface area (Å²) in [7, 11) is 1.66. The molecular formula is C29H37N7O2.